The van der Waals surface area contributed by atoms with Crippen LogP contribution in [0.3, 0.4) is 0 Å². The number of aryl methyl sites for hydroxylation is 2. The van der Waals surface area contributed by atoms with Gasteiger partial charge in [0.1, 0.15) is 11.9 Å². The number of aromatic amines is 1. The summed E-state index contributed by atoms with van der Waals surface area (Å²) in [5.74, 6) is 1.45. The van der Waals surface area contributed by atoms with Crippen LogP contribution < -0.4 is 0 Å². The number of carbonyl (C=O) groups excluding carboxylic acids is 1. The molecule has 23 heavy (non-hydrogen) atoms. The highest BCUT2D eigenvalue weighted by molar-refractivity contribution is 5.93. The van der Waals surface area contributed by atoms with Gasteiger partial charge in [-0.25, -0.2) is 4.98 Å². The van der Waals surface area contributed by atoms with E-state index in [2.05, 4.69) is 27.2 Å². The summed E-state index contributed by atoms with van der Waals surface area (Å²) in [7, 11) is 0. The lowest BCUT2D eigenvalue weighted by Crippen LogP contribution is -2.42. The average Bonchev–Trinajstić information content (AvgIpc) is 3.24. The summed E-state index contributed by atoms with van der Waals surface area (Å²) in [6.07, 6.45) is 4.97. The summed E-state index contributed by atoms with van der Waals surface area (Å²) in [6.45, 7) is 6.34. The second-order valence-corrected chi connectivity index (χ2v) is 5.59. The van der Waals surface area contributed by atoms with Crippen molar-refractivity contribution in [3.05, 3.63) is 29.6 Å². The van der Waals surface area contributed by atoms with Crippen LogP contribution in [0.15, 0.2) is 12.4 Å². The van der Waals surface area contributed by atoms with Gasteiger partial charge in [-0.15, -0.1) is 0 Å². The number of rotatable bonds is 5. The number of nitrogens with one attached hydrogen (secondary N) is 1. The van der Waals surface area contributed by atoms with Gasteiger partial charge in [0, 0.05) is 25.7 Å². The lowest BCUT2D eigenvalue weighted by Gasteiger charge is -2.31. The zero-order chi connectivity index (χ0) is 16.2. The first-order valence-electron chi connectivity index (χ1n) is 8.05. The third-order valence-corrected chi connectivity index (χ3v) is 3.88. The van der Waals surface area contributed by atoms with Crippen molar-refractivity contribution < 1.29 is 9.53 Å². The number of carbonyl (C=O) groups is 1. The minimum Gasteiger partial charge on any atom is -0.366 e. The molecule has 2 aromatic heterocycles. The molecule has 1 saturated heterocycles. The minimum absolute atomic E-state index is 0.0256. The Morgan fingerprint density at radius 2 is 2.35 bits per heavy atom. The molecular weight excluding hydrogens is 296 g/mol. The molecule has 8 nitrogen and oxygen atoms in total. The van der Waals surface area contributed by atoms with Gasteiger partial charge in [-0.3, -0.25) is 14.6 Å². The topological polar surface area (TPSA) is 88.9 Å². The minimum atomic E-state index is -0.282. The Kier molecular flexibility index (Phi) is 4.71. The molecule has 1 atom stereocenters. The molecule has 1 aliphatic heterocycles. The number of ether oxygens (including phenoxy) is 1. The smallest absolute Gasteiger partial charge is 0.257 e. The van der Waals surface area contributed by atoms with Crippen LogP contribution in [0.5, 0.6) is 0 Å². The quantitative estimate of drug-likeness (QED) is 0.894. The molecular formula is C15H22N6O2. The van der Waals surface area contributed by atoms with Gasteiger partial charge in [-0.1, -0.05) is 6.92 Å². The van der Waals surface area contributed by atoms with E-state index in [0.717, 1.165) is 25.2 Å². The third kappa shape index (κ3) is 3.42. The Labute approximate surface area is 134 Å². The number of H-pyrrole nitrogens is 1. The van der Waals surface area contributed by atoms with Crippen LogP contribution >= 0.6 is 0 Å². The standard InChI is InChI=1S/C15H22N6O2/c1-3-5-13-17-14(19-18-13)12-10-20(6-7-23-12)15(22)11-8-16-21(4-2)9-11/h8-9,12H,3-7,10H2,1-2H3,(H,17,18,19)/t12-/m1/s1. The number of hydrogen-bond acceptors (Lipinski definition) is 5. The van der Waals surface area contributed by atoms with Gasteiger partial charge in [-0.05, 0) is 13.3 Å². The van der Waals surface area contributed by atoms with Crippen molar-refractivity contribution in [2.75, 3.05) is 19.7 Å². The number of aromatic nitrogens is 5. The second kappa shape index (κ2) is 6.91. The monoisotopic (exact) mass is 318 g/mol. The van der Waals surface area contributed by atoms with Crippen molar-refractivity contribution in [2.24, 2.45) is 0 Å². The molecule has 1 amide bonds. The van der Waals surface area contributed by atoms with E-state index in [0.29, 0.717) is 31.1 Å². The summed E-state index contributed by atoms with van der Waals surface area (Å²) in [4.78, 5) is 18.8. The highest BCUT2D eigenvalue weighted by atomic mass is 16.5. The van der Waals surface area contributed by atoms with Crippen molar-refractivity contribution in [2.45, 2.75) is 39.3 Å². The Bertz CT molecular complexity index is 664. The van der Waals surface area contributed by atoms with E-state index in [1.807, 2.05) is 6.92 Å². The van der Waals surface area contributed by atoms with Crippen LogP contribution in [-0.4, -0.2) is 55.5 Å². The first-order valence-corrected chi connectivity index (χ1v) is 8.05. The molecule has 2 aromatic rings. The number of nitrogens with zero attached hydrogens (tertiary/aromatic N) is 5. The molecule has 0 saturated carbocycles. The zero-order valence-corrected chi connectivity index (χ0v) is 13.5. The highest BCUT2D eigenvalue weighted by Crippen LogP contribution is 2.20. The van der Waals surface area contributed by atoms with E-state index in [1.54, 1.807) is 22.0 Å². The molecule has 1 fully saturated rings. The summed E-state index contributed by atoms with van der Waals surface area (Å²) in [5, 5.41) is 11.3. The predicted molar refractivity (Wildman–Crippen MR) is 82.9 cm³/mol. The lowest BCUT2D eigenvalue weighted by atomic mass is 10.2. The van der Waals surface area contributed by atoms with Gasteiger partial charge in [0.15, 0.2) is 5.82 Å². The average molecular weight is 318 g/mol. The maximum atomic E-state index is 12.6. The van der Waals surface area contributed by atoms with Crippen LogP contribution in [0.4, 0.5) is 0 Å². The predicted octanol–water partition coefficient (Wildman–Crippen LogP) is 1.19. The van der Waals surface area contributed by atoms with E-state index < -0.39 is 0 Å². The molecule has 8 heteroatoms. The fourth-order valence-corrected chi connectivity index (χ4v) is 2.62. The molecule has 1 N–H and O–H groups in total. The largest absolute Gasteiger partial charge is 0.366 e. The van der Waals surface area contributed by atoms with E-state index in [1.165, 1.54) is 0 Å². The Balaban J connectivity index is 1.68. The molecule has 3 rings (SSSR count). The van der Waals surface area contributed by atoms with E-state index in [-0.39, 0.29) is 12.0 Å². The maximum Gasteiger partial charge on any atom is 0.257 e. The highest BCUT2D eigenvalue weighted by Gasteiger charge is 2.29. The van der Waals surface area contributed by atoms with E-state index in [4.69, 9.17) is 4.74 Å². The molecule has 3 heterocycles. The Hall–Kier alpha value is -2.22. The molecule has 0 aliphatic carbocycles. The second-order valence-electron chi connectivity index (χ2n) is 5.59. The van der Waals surface area contributed by atoms with Gasteiger partial charge >= 0.3 is 0 Å². The van der Waals surface area contributed by atoms with Crippen molar-refractivity contribution in [1.82, 2.24) is 29.9 Å². The first kappa shape index (κ1) is 15.7. The molecule has 0 radical (unpaired) electrons. The number of morpholine rings is 1. The fourth-order valence-electron chi connectivity index (χ4n) is 2.62. The molecule has 1 aliphatic rings. The normalized spacial score (nSPS) is 18.3. The van der Waals surface area contributed by atoms with Gasteiger partial charge < -0.3 is 9.64 Å². The molecule has 0 bridgehead atoms. The Morgan fingerprint density at radius 1 is 1.48 bits per heavy atom. The molecule has 0 unspecified atom stereocenters. The van der Waals surface area contributed by atoms with Gasteiger partial charge in [0.25, 0.3) is 5.91 Å². The summed E-state index contributed by atoms with van der Waals surface area (Å²) >= 11 is 0. The fraction of sp³-hybridized carbons (Fsp3) is 0.600. The van der Waals surface area contributed by atoms with Gasteiger partial charge in [0.2, 0.25) is 0 Å². The maximum absolute atomic E-state index is 12.6. The van der Waals surface area contributed by atoms with Crippen LogP contribution in [0, 0.1) is 0 Å². The summed E-state index contributed by atoms with van der Waals surface area (Å²) < 4.78 is 7.49. The van der Waals surface area contributed by atoms with Crippen LogP contribution in [0.2, 0.25) is 0 Å². The zero-order valence-electron chi connectivity index (χ0n) is 13.5. The van der Waals surface area contributed by atoms with Crippen molar-refractivity contribution in [3.63, 3.8) is 0 Å². The Morgan fingerprint density at radius 3 is 3.09 bits per heavy atom. The van der Waals surface area contributed by atoms with Gasteiger partial charge in [-0.2, -0.15) is 10.2 Å². The third-order valence-electron chi connectivity index (χ3n) is 3.88. The number of amides is 1. The van der Waals surface area contributed by atoms with Gasteiger partial charge in [0.05, 0.1) is 24.9 Å². The first-order chi connectivity index (χ1) is 11.2. The van der Waals surface area contributed by atoms with Crippen LogP contribution in [-0.2, 0) is 17.7 Å². The van der Waals surface area contributed by atoms with Crippen LogP contribution in [0.1, 0.15) is 48.4 Å². The van der Waals surface area contributed by atoms with Crippen molar-refractivity contribution >= 4 is 5.91 Å². The summed E-state index contributed by atoms with van der Waals surface area (Å²) in [6, 6.07) is 0. The molecule has 0 spiro atoms. The molecule has 124 valence electrons. The number of hydrogen-bond donors (Lipinski definition) is 1. The summed E-state index contributed by atoms with van der Waals surface area (Å²) in [5.41, 5.74) is 0.606. The van der Waals surface area contributed by atoms with E-state index >= 15 is 0 Å². The lowest BCUT2D eigenvalue weighted by molar-refractivity contribution is -0.0266. The SMILES string of the molecule is CCCc1nc([C@H]2CN(C(=O)c3cnn(CC)c3)CCO2)n[nH]1. The van der Waals surface area contributed by atoms with Crippen LogP contribution in [0.25, 0.3) is 0 Å². The van der Waals surface area contributed by atoms with Crippen molar-refractivity contribution in [1.29, 1.82) is 0 Å². The molecule has 0 aromatic carbocycles. The van der Waals surface area contributed by atoms with E-state index in [9.17, 15) is 4.79 Å². The van der Waals surface area contributed by atoms with Crippen molar-refractivity contribution in [3.8, 4) is 0 Å².